The maximum atomic E-state index is 13.2. The molecule has 0 aliphatic rings. The summed E-state index contributed by atoms with van der Waals surface area (Å²) in [6.45, 7) is 4.93. The molecule has 9 nitrogen and oxygen atoms in total. The standard InChI is InChI=1S/C21H25BrN4O5/c1-21(2,3)31-15(27)12-26-18(28)16-17(23-19(22)24(16)4)25(20(26)29)11-10-13-8-6-7-9-14(13)30-5/h6-9H,10-12H2,1-5H3. The number of hydrogen-bond donors (Lipinski definition) is 0. The molecule has 0 bridgehead atoms. The van der Waals surface area contributed by atoms with Crippen molar-refractivity contribution in [1.82, 2.24) is 18.7 Å². The first-order valence-electron chi connectivity index (χ1n) is 9.72. The van der Waals surface area contributed by atoms with E-state index in [0.29, 0.717) is 16.9 Å². The van der Waals surface area contributed by atoms with E-state index in [4.69, 9.17) is 9.47 Å². The van der Waals surface area contributed by atoms with Crippen molar-refractivity contribution in [3.63, 3.8) is 0 Å². The molecule has 0 spiro atoms. The van der Waals surface area contributed by atoms with Crippen molar-refractivity contribution in [2.75, 3.05) is 7.11 Å². The number of carbonyl (C=O) groups is 1. The van der Waals surface area contributed by atoms with Crippen molar-refractivity contribution in [2.24, 2.45) is 7.05 Å². The van der Waals surface area contributed by atoms with Crippen LogP contribution >= 0.6 is 15.9 Å². The summed E-state index contributed by atoms with van der Waals surface area (Å²) in [5, 5.41) is 0. The maximum Gasteiger partial charge on any atom is 0.333 e. The molecule has 0 saturated carbocycles. The van der Waals surface area contributed by atoms with Crippen molar-refractivity contribution in [3.8, 4) is 5.75 Å². The number of hydrogen-bond acceptors (Lipinski definition) is 6. The van der Waals surface area contributed by atoms with Crippen LogP contribution in [0.1, 0.15) is 26.3 Å². The first kappa shape index (κ1) is 22.8. The van der Waals surface area contributed by atoms with Gasteiger partial charge in [-0.05, 0) is 54.8 Å². The summed E-state index contributed by atoms with van der Waals surface area (Å²) in [7, 11) is 3.24. The van der Waals surface area contributed by atoms with Gasteiger partial charge in [-0.25, -0.2) is 14.3 Å². The minimum Gasteiger partial charge on any atom is -0.496 e. The lowest BCUT2D eigenvalue weighted by Crippen LogP contribution is -2.43. The van der Waals surface area contributed by atoms with Gasteiger partial charge < -0.3 is 14.0 Å². The summed E-state index contributed by atoms with van der Waals surface area (Å²) in [6, 6.07) is 7.50. The highest BCUT2D eigenvalue weighted by Gasteiger charge is 2.23. The molecule has 0 N–H and O–H groups in total. The lowest BCUT2D eigenvalue weighted by molar-refractivity contribution is -0.155. The molecular formula is C21H25BrN4O5. The van der Waals surface area contributed by atoms with E-state index in [-0.39, 0.29) is 17.7 Å². The summed E-state index contributed by atoms with van der Waals surface area (Å²) in [5.74, 6) is 0.0413. The third kappa shape index (κ3) is 4.73. The van der Waals surface area contributed by atoms with E-state index in [1.807, 2.05) is 24.3 Å². The van der Waals surface area contributed by atoms with Gasteiger partial charge >= 0.3 is 11.7 Å². The lowest BCUT2D eigenvalue weighted by atomic mass is 10.1. The molecule has 0 aliphatic heterocycles. The Balaban J connectivity index is 2.10. The number of imidazole rings is 1. The van der Waals surface area contributed by atoms with Crippen molar-refractivity contribution < 1.29 is 14.3 Å². The van der Waals surface area contributed by atoms with Gasteiger partial charge in [-0.1, -0.05) is 18.2 Å². The Kier molecular flexibility index (Phi) is 6.40. The van der Waals surface area contributed by atoms with Gasteiger partial charge in [-0.15, -0.1) is 0 Å². The number of carbonyl (C=O) groups excluding carboxylic acids is 1. The fourth-order valence-electron chi connectivity index (χ4n) is 3.32. The highest BCUT2D eigenvalue weighted by atomic mass is 79.9. The molecule has 0 atom stereocenters. The Morgan fingerprint density at radius 2 is 1.84 bits per heavy atom. The Bertz CT molecular complexity index is 1250. The third-order valence-electron chi connectivity index (χ3n) is 4.69. The molecule has 0 fully saturated rings. The Labute approximate surface area is 187 Å². The molecule has 3 rings (SSSR count). The number of para-hydroxylation sites is 1. The van der Waals surface area contributed by atoms with Gasteiger partial charge in [-0.3, -0.25) is 14.2 Å². The van der Waals surface area contributed by atoms with Crippen molar-refractivity contribution in [3.05, 3.63) is 55.4 Å². The zero-order valence-electron chi connectivity index (χ0n) is 18.1. The van der Waals surface area contributed by atoms with Crippen LogP contribution in [0.2, 0.25) is 0 Å². The normalized spacial score (nSPS) is 11.7. The van der Waals surface area contributed by atoms with Crippen molar-refractivity contribution in [2.45, 2.75) is 45.9 Å². The molecule has 0 saturated heterocycles. The highest BCUT2D eigenvalue weighted by Crippen LogP contribution is 2.19. The van der Waals surface area contributed by atoms with E-state index in [1.54, 1.807) is 39.5 Å². The van der Waals surface area contributed by atoms with Crippen LogP contribution in [0.4, 0.5) is 0 Å². The topological polar surface area (TPSA) is 97.3 Å². The quantitative estimate of drug-likeness (QED) is 0.386. The number of aromatic nitrogens is 4. The largest absolute Gasteiger partial charge is 0.496 e. The van der Waals surface area contributed by atoms with Gasteiger partial charge in [0.25, 0.3) is 5.56 Å². The highest BCUT2D eigenvalue weighted by molar-refractivity contribution is 9.10. The monoisotopic (exact) mass is 492 g/mol. The fraction of sp³-hybridized carbons (Fsp3) is 0.429. The second-order valence-electron chi connectivity index (χ2n) is 8.09. The van der Waals surface area contributed by atoms with E-state index >= 15 is 0 Å². The predicted molar refractivity (Wildman–Crippen MR) is 119 cm³/mol. The number of benzene rings is 1. The summed E-state index contributed by atoms with van der Waals surface area (Å²) >= 11 is 3.31. The number of rotatable bonds is 6. The number of methoxy groups -OCH3 is 1. The summed E-state index contributed by atoms with van der Waals surface area (Å²) in [6.07, 6.45) is 0.470. The second kappa shape index (κ2) is 8.70. The number of halogens is 1. The zero-order valence-corrected chi connectivity index (χ0v) is 19.7. The Morgan fingerprint density at radius 3 is 2.48 bits per heavy atom. The van der Waals surface area contributed by atoms with E-state index in [0.717, 1.165) is 10.1 Å². The predicted octanol–water partition coefficient (Wildman–Crippen LogP) is 2.25. The van der Waals surface area contributed by atoms with Crippen LogP contribution in [-0.2, 0) is 36.1 Å². The first-order chi connectivity index (χ1) is 14.5. The molecule has 0 amide bonds. The molecule has 31 heavy (non-hydrogen) atoms. The molecule has 3 aromatic rings. The molecule has 2 aromatic heterocycles. The maximum absolute atomic E-state index is 13.2. The summed E-state index contributed by atoms with van der Waals surface area (Å²) in [5.41, 5.74) is -0.577. The number of aryl methyl sites for hydroxylation is 3. The van der Waals surface area contributed by atoms with Gasteiger partial charge in [0.15, 0.2) is 15.9 Å². The molecule has 1 aromatic carbocycles. The minimum atomic E-state index is -0.733. The van der Waals surface area contributed by atoms with E-state index < -0.39 is 29.4 Å². The van der Waals surface area contributed by atoms with Crippen molar-refractivity contribution >= 4 is 33.1 Å². The van der Waals surface area contributed by atoms with Crippen LogP contribution in [0, 0.1) is 0 Å². The Morgan fingerprint density at radius 1 is 1.16 bits per heavy atom. The lowest BCUT2D eigenvalue weighted by Gasteiger charge is -2.20. The van der Waals surface area contributed by atoms with Crippen LogP contribution in [0.3, 0.4) is 0 Å². The molecule has 166 valence electrons. The van der Waals surface area contributed by atoms with E-state index in [2.05, 4.69) is 20.9 Å². The van der Waals surface area contributed by atoms with Crippen LogP contribution in [0.15, 0.2) is 38.6 Å². The van der Waals surface area contributed by atoms with Crippen LogP contribution in [0.5, 0.6) is 5.75 Å². The number of esters is 1. The SMILES string of the molecule is COc1ccccc1CCn1c(=O)n(CC(=O)OC(C)(C)C)c(=O)c2c1nc(Br)n2C. The van der Waals surface area contributed by atoms with Gasteiger partial charge in [0.05, 0.1) is 7.11 Å². The van der Waals surface area contributed by atoms with Gasteiger partial charge in [0.2, 0.25) is 0 Å². The van der Waals surface area contributed by atoms with Crippen LogP contribution in [0.25, 0.3) is 11.2 Å². The minimum absolute atomic E-state index is 0.218. The fourth-order valence-corrected chi connectivity index (χ4v) is 3.67. The zero-order chi connectivity index (χ0) is 22.9. The number of fused-ring (bicyclic) bond motifs is 1. The van der Waals surface area contributed by atoms with E-state index in [1.165, 1.54) is 4.57 Å². The second-order valence-corrected chi connectivity index (χ2v) is 8.80. The average Bonchev–Trinajstić information content (AvgIpc) is 2.98. The summed E-state index contributed by atoms with van der Waals surface area (Å²) in [4.78, 5) is 43.0. The summed E-state index contributed by atoms with van der Waals surface area (Å²) < 4.78 is 14.9. The molecule has 0 unspecified atom stereocenters. The Hall–Kier alpha value is -2.88. The number of ether oxygens (including phenoxy) is 2. The average molecular weight is 493 g/mol. The van der Waals surface area contributed by atoms with Gasteiger partial charge in [0, 0.05) is 13.6 Å². The van der Waals surface area contributed by atoms with Crippen LogP contribution < -0.4 is 16.0 Å². The van der Waals surface area contributed by atoms with Crippen LogP contribution in [-0.4, -0.2) is 37.4 Å². The first-order valence-corrected chi connectivity index (χ1v) is 10.5. The molecule has 2 heterocycles. The molecule has 0 radical (unpaired) electrons. The van der Waals surface area contributed by atoms with Crippen molar-refractivity contribution in [1.29, 1.82) is 0 Å². The van der Waals surface area contributed by atoms with Gasteiger partial charge in [-0.2, -0.15) is 0 Å². The smallest absolute Gasteiger partial charge is 0.333 e. The third-order valence-corrected chi connectivity index (χ3v) is 5.40. The molecule has 10 heteroatoms. The van der Waals surface area contributed by atoms with E-state index in [9.17, 15) is 14.4 Å². The molecular weight excluding hydrogens is 468 g/mol. The molecule has 0 aliphatic carbocycles. The number of nitrogens with zero attached hydrogens (tertiary/aromatic N) is 4. The van der Waals surface area contributed by atoms with Gasteiger partial charge in [0.1, 0.15) is 17.9 Å².